The molecule has 2 N–H and O–H groups in total. The van der Waals surface area contributed by atoms with Crippen LogP contribution in [0.2, 0.25) is 0 Å². The molecule has 0 aliphatic rings. The molecule has 0 aliphatic heterocycles. The van der Waals surface area contributed by atoms with E-state index >= 15 is 0 Å². The van der Waals surface area contributed by atoms with E-state index < -0.39 is 42.1 Å². The predicted octanol–water partition coefficient (Wildman–Crippen LogP) is 0.438. The van der Waals surface area contributed by atoms with Crippen LogP contribution < -0.4 is 0 Å². The van der Waals surface area contributed by atoms with Crippen LogP contribution in [0, 0.1) is 5.41 Å². The van der Waals surface area contributed by atoms with Crippen molar-refractivity contribution in [3.05, 3.63) is 0 Å². The molecular formula is C12H18O8. The molecule has 0 aromatic heterocycles. The lowest BCUT2D eigenvalue weighted by Crippen LogP contribution is -2.37. The van der Waals surface area contributed by atoms with Gasteiger partial charge in [0.1, 0.15) is 0 Å². The Kier molecular flexibility index (Phi) is 7.27. The average molecular weight is 290 g/mol. The molecule has 0 amide bonds. The molecule has 0 aromatic rings. The first-order chi connectivity index (χ1) is 9.27. The zero-order valence-corrected chi connectivity index (χ0v) is 11.4. The molecule has 0 unspecified atom stereocenters. The zero-order valence-electron chi connectivity index (χ0n) is 11.4. The Morgan fingerprint density at radius 1 is 0.950 bits per heavy atom. The quantitative estimate of drug-likeness (QED) is 0.585. The number of carboxylic acid groups (broad SMARTS) is 2. The van der Waals surface area contributed by atoms with E-state index in [1.54, 1.807) is 0 Å². The highest BCUT2D eigenvalue weighted by atomic mass is 16.5. The standard InChI is InChI=1S/C12H18O8/c1-19-9(15)6-12(11(17)18,7-10(16)20-2)5-3-4-8(13)14/h3-7H2,1-2H3,(H,13,14)(H,17,18). The summed E-state index contributed by atoms with van der Waals surface area (Å²) in [5, 5.41) is 17.9. The number of rotatable bonds is 9. The Bertz CT molecular complexity index is 369. The smallest absolute Gasteiger partial charge is 0.310 e. The molecule has 20 heavy (non-hydrogen) atoms. The van der Waals surface area contributed by atoms with Crippen LogP contribution in [0.3, 0.4) is 0 Å². The van der Waals surface area contributed by atoms with Gasteiger partial charge in [0.15, 0.2) is 0 Å². The third-order valence-corrected chi connectivity index (χ3v) is 2.92. The van der Waals surface area contributed by atoms with Crippen molar-refractivity contribution in [3.8, 4) is 0 Å². The van der Waals surface area contributed by atoms with Crippen LogP contribution >= 0.6 is 0 Å². The lowest BCUT2D eigenvalue weighted by Gasteiger charge is -2.27. The molecule has 0 spiro atoms. The third-order valence-electron chi connectivity index (χ3n) is 2.92. The van der Waals surface area contributed by atoms with Crippen LogP contribution in [0.1, 0.15) is 32.1 Å². The van der Waals surface area contributed by atoms with Gasteiger partial charge in [-0.3, -0.25) is 19.2 Å². The monoisotopic (exact) mass is 290 g/mol. The van der Waals surface area contributed by atoms with Crippen LogP contribution in [-0.2, 0) is 28.7 Å². The van der Waals surface area contributed by atoms with Crippen molar-refractivity contribution in [2.45, 2.75) is 32.1 Å². The molecule has 0 bridgehead atoms. The van der Waals surface area contributed by atoms with Gasteiger partial charge in [0, 0.05) is 6.42 Å². The predicted molar refractivity (Wildman–Crippen MR) is 64.8 cm³/mol. The minimum Gasteiger partial charge on any atom is -0.481 e. The highest BCUT2D eigenvalue weighted by Gasteiger charge is 2.43. The van der Waals surface area contributed by atoms with E-state index in [1.165, 1.54) is 0 Å². The second kappa shape index (κ2) is 8.13. The molecule has 0 atom stereocenters. The van der Waals surface area contributed by atoms with Crippen LogP contribution in [0.5, 0.6) is 0 Å². The first-order valence-corrected chi connectivity index (χ1v) is 5.86. The second-order valence-electron chi connectivity index (χ2n) is 4.34. The fourth-order valence-corrected chi connectivity index (χ4v) is 1.77. The maximum Gasteiger partial charge on any atom is 0.310 e. The van der Waals surface area contributed by atoms with Gasteiger partial charge in [-0.1, -0.05) is 0 Å². The molecule has 0 fully saturated rings. The number of hydrogen-bond donors (Lipinski definition) is 2. The summed E-state index contributed by atoms with van der Waals surface area (Å²) in [5.74, 6) is -4.02. The summed E-state index contributed by atoms with van der Waals surface area (Å²) >= 11 is 0. The van der Waals surface area contributed by atoms with E-state index in [4.69, 9.17) is 5.11 Å². The molecule has 114 valence electrons. The van der Waals surface area contributed by atoms with Crippen LogP contribution in [0.15, 0.2) is 0 Å². The second-order valence-corrected chi connectivity index (χ2v) is 4.34. The van der Waals surface area contributed by atoms with Crippen molar-refractivity contribution in [2.75, 3.05) is 14.2 Å². The third kappa shape index (κ3) is 5.68. The fraction of sp³-hybridized carbons (Fsp3) is 0.667. The Morgan fingerprint density at radius 2 is 1.40 bits per heavy atom. The van der Waals surface area contributed by atoms with Crippen molar-refractivity contribution < 1.29 is 38.9 Å². The van der Waals surface area contributed by atoms with Crippen molar-refractivity contribution in [3.63, 3.8) is 0 Å². The van der Waals surface area contributed by atoms with Gasteiger partial charge in [-0.2, -0.15) is 0 Å². The Balaban J connectivity index is 5.10. The van der Waals surface area contributed by atoms with E-state index in [0.29, 0.717) is 0 Å². The first kappa shape index (κ1) is 17.9. The lowest BCUT2D eigenvalue weighted by molar-refractivity contribution is -0.163. The first-order valence-electron chi connectivity index (χ1n) is 5.86. The molecule has 8 nitrogen and oxygen atoms in total. The van der Waals surface area contributed by atoms with E-state index in [2.05, 4.69) is 9.47 Å². The SMILES string of the molecule is COC(=O)CC(CCCC(=O)O)(CC(=O)OC)C(=O)O. The number of carbonyl (C=O) groups excluding carboxylic acids is 2. The van der Waals surface area contributed by atoms with Gasteiger partial charge in [0.25, 0.3) is 0 Å². The fourth-order valence-electron chi connectivity index (χ4n) is 1.77. The van der Waals surface area contributed by atoms with Crippen molar-refractivity contribution in [1.82, 2.24) is 0 Å². The van der Waals surface area contributed by atoms with Gasteiger partial charge in [-0.15, -0.1) is 0 Å². The molecular weight excluding hydrogens is 272 g/mol. The number of carbonyl (C=O) groups is 4. The largest absolute Gasteiger partial charge is 0.481 e. The normalized spacial score (nSPS) is 10.7. The van der Waals surface area contributed by atoms with Crippen LogP contribution in [-0.4, -0.2) is 48.3 Å². The number of hydrogen-bond acceptors (Lipinski definition) is 6. The molecule has 0 radical (unpaired) electrons. The summed E-state index contributed by atoms with van der Waals surface area (Å²) in [6.07, 6.45) is -1.41. The highest BCUT2D eigenvalue weighted by molar-refractivity contribution is 5.86. The number of esters is 2. The summed E-state index contributed by atoms with van der Waals surface area (Å²) in [7, 11) is 2.20. The minimum atomic E-state index is -1.71. The molecule has 0 aliphatic carbocycles. The lowest BCUT2D eigenvalue weighted by atomic mass is 9.76. The van der Waals surface area contributed by atoms with Gasteiger partial charge in [0.2, 0.25) is 0 Å². The number of methoxy groups -OCH3 is 2. The molecule has 0 aromatic carbocycles. The van der Waals surface area contributed by atoms with Crippen LogP contribution in [0.4, 0.5) is 0 Å². The average Bonchev–Trinajstić information content (AvgIpc) is 2.37. The number of aliphatic carboxylic acids is 2. The molecule has 8 heteroatoms. The van der Waals surface area contributed by atoms with Crippen molar-refractivity contribution in [2.24, 2.45) is 5.41 Å². The van der Waals surface area contributed by atoms with Crippen LogP contribution in [0.25, 0.3) is 0 Å². The summed E-state index contributed by atoms with van der Waals surface area (Å²) in [4.78, 5) is 44.6. The molecule has 0 rings (SSSR count). The topological polar surface area (TPSA) is 127 Å². The van der Waals surface area contributed by atoms with Gasteiger partial charge < -0.3 is 19.7 Å². The Hall–Kier alpha value is -2.12. The van der Waals surface area contributed by atoms with Gasteiger partial charge in [0.05, 0.1) is 32.5 Å². The van der Waals surface area contributed by atoms with E-state index in [9.17, 15) is 24.3 Å². The van der Waals surface area contributed by atoms with Gasteiger partial charge >= 0.3 is 23.9 Å². The highest BCUT2D eigenvalue weighted by Crippen LogP contribution is 2.34. The zero-order chi connectivity index (χ0) is 15.8. The maximum absolute atomic E-state index is 11.4. The number of ether oxygens (including phenoxy) is 2. The van der Waals surface area contributed by atoms with Crippen molar-refractivity contribution >= 4 is 23.9 Å². The summed E-state index contributed by atoms with van der Waals surface area (Å²) in [6, 6.07) is 0. The number of carboxylic acids is 2. The minimum absolute atomic E-state index is 0.0234. The Labute approximate surface area is 115 Å². The molecule has 0 saturated heterocycles. The maximum atomic E-state index is 11.4. The molecule has 0 saturated carbocycles. The van der Waals surface area contributed by atoms with Gasteiger partial charge in [-0.05, 0) is 12.8 Å². The van der Waals surface area contributed by atoms with Gasteiger partial charge in [-0.25, -0.2) is 0 Å². The Morgan fingerprint density at radius 3 is 1.70 bits per heavy atom. The van der Waals surface area contributed by atoms with E-state index in [1.807, 2.05) is 0 Å². The summed E-state index contributed by atoms with van der Waals surface area (Å²) < 4.78 is 8.86. The van der Waals surface area contributed by atoms with Crippen molar-refractivity contribution in [1.29, 1.82) is 0 Å². The van der Waals surface area contributed by atoms with E-state index in [0.717, 1.165) is 14.2 Å². The van der Waals surface area contributed by atoms with E-state index in [-0.39, 0.29) is 19.3 Å². The summed E-state index contributed by atoms with van der Waals surface area (Å²) in [6.45, 7) is 0. The molecule has 0 heterocycles. The summed E-state index contributed by atoms with van der Waals surface area (Å²) in [5.41, 5.74) is -1.71.